The summed E-state index contributed by atoms with van der Waals surface area (Å²) in [6.45, 7) is 0.320. The van der Waals surface area contributed by atoms with Crippen molar-refractivity contribution in [2.45, 2.75) is 0 Å². The molecule has 0 aliphatic carbocycles. The number of halogens is 2. The average Bonchev–Trinajstić information content (AvgIpc) is 3.00. The van der Waals surface area contributed by atoms with Crippen molar-refractivity contribution in [2.75, 3.05) is 26.9 Å². The number of carboxylic acids is 1. The predicted octanol–water partition coefficient (Wildman–Crippen LogP) is 4.93. The lowest BCUT2D eigenvalue weighted by molar-refractivity contribution is -0.139. The van der Waals surface area contributed by atoms with Crippen molar-refractivity contribution in [3.8, 4) is 5.75 Å². The zero-order valence-corrected chi connectivity index (χ0v) is 20.4. The highest BCUT2D eigenvalue weighted by Crippen LogP contribution is 2.38. The Labute approximate surface area is 200 Å². The fourth-order valence-electron chi connectivity index (χ4n) is 2.67. The largest absolute Gasteiger partial charge is 0.480 e. The van der Waals surface area contributed by atoms with Gasteiger partial charge in [0.1, 0.15) is 5.75 Å². The zero-order chi connectivity index (χ0) is 22.4. The normalized spacial score (nSPS) is 16.4. The molecule has 1 aliphatic heterocycles. The first-order chi connectivity index (χ1) is 14.9. The number of carboxylic acid groups (broad SMARTS) is 1. The van der Waals surface area contributed by atoms with Crippen LogP contribution in [0.5, 0.6) is 5.75 Å². The van der Waals surface area contributed by atoms with Gasteiger partial charge in [0.05, 0.1) is 32.7 Å². The van der Waals surface area contributed by atoms with Crippen molar-refractivity contribution in [1.82, 2.24) is 4.90 Å². The van der Waals surface area contributed by atoms with Crippen LogP contribution in [-0.4, -0.2) is 53.9 Å². The number of benzene rings is 2. The molecule has 2 aromatic carbocycles. The van der Waals surface area contributed by atoms with E-state index >= 15 is 0 Å². The second kappa shape index (κ2) is 10.9. The number of amidine groups is 1. The van der Waals surface area contributed by atoms with Crippen LogP contribution in [0.1, 0.15) is 5.56 Å². The molecule has 1 saturated heterocycles. The maximum Gasteiger partial charge on any atom is 0.341 e. The Hall–Kier alpha value is -2.14. The molecule has 7 nitrogen and oxygen atoms in total. The number of ether oxygens (including phenoxy) is 2. The molecule has 1 heterocycles. The van der Waals surface area contributed by atoms with Gasteiger partial charge in [0, 0.05) is 7.11 Å². The molecular weight excluding hydrogens is 552 g/mol. The van der Waals surface area contributed by atoms with Crippen molar-refractivity contribution < 1.29 is 24.2 Å². The monoisotopic (exact) mass is 568 g/mol. The molecule has 0 radical (unpaired) electrons. The molecule has 2 aromatic rings. The average molecular weight is 570 g/mol. The second-order valence-corrected chi connectivity index (χ2v) is 9.00. The number of carbonyl (C=O) groups is 2. The third kappa shape index (κ3) is 6.19. The number of aliphatic carboxylic acids is 1. The Morgan fingerprint density at radius 2 is 1.90 bits per heavy atom. The van der Waals surface area contributed by atoms with Crippen molar-refractivity contribution in [1.29, 1.82) is 0 Å². The first-order valence-corrected chi connectivity index (χ1v) is 11.5. The van der Waals surface area contributed by atoms with Crippen LogP contribution in [0, 0.1) is 0 Å². The minimum absolute atomic E-state index is 0.157. The Morgan fingerprint density at radius 1 is 1.23 bits per heavy atom. The number of thioether (sulfide) groups is 1. The second-order valence-electron chi connectivity index (χ2n) is 6.29. The maximum atomic E-state index is 13.0. The van der Waals surface area contributed by atoms with Gasteiger partial charge in [0.25, 0.3) is 5.91 Å². The first-order valence-electron chi connectivity index (χ1n) is 9.06. The van der Waals surface area contributed by atoms with Crippen molar-refractivity contribution in [3.05, 3.63) is 61.9 Å². The molecule has 10 heteroatoms. The van der Waals surface area contributed by atoms with Crippen LogP contribution in [0.2, 0.25) is 0 Å². The minimum Gasteiger partial charge on any atom is -0.480 e. The van der Waals surface area contributed by atoms with E-state index < -0.39 is 12.6 Å². The van der Waals surface area contributed by atoms with Crippen molar-refractivity contribution >= 4 is 72.4 Å². The molecule has 1 amide bonds. The molecule has 3 rings (SSSR count). The molecular formula is C21H18Br2N2O5S. The number of rotatable bonds is 8. The highest BCUT2D eigenvalue weighted by molar-refractivity contribution is 9.11. The van der Waals surface area contributed by atoms with Gasteiger partial charge in [-0.15, -0.1) is 0 Å². The highest BCUT2D eigenvalue weighted by Gasteiger charge is 2.33. The summed E-state index contributed by atoms with van der Waals surface area (Å²) in [6.07, 6.45) is 1.76. The van der Waals surface area contributed by atoms with Crippen LogP contribution in [-0.2, 0) is 14.3 Å². The molecule has 0 atom stereocenters. The predicted molar refractivity (Wildman–Crippen MR) is 128 cm³/mol. The smallest absolute Gasteiger partial charge is 0.341 e. The van der Waals surface area contributed by atoms with Gasteiger partial charge in [-0.2, -0.15) is 0 Å². The topological polar surface area (TPSA) is 88.4 Å². The molecule has 0 saturated carbocycles. The summed E-state index contributed by atoms with van der Waals surface area (Å²) >= 11 is 8.08. The van der Waals surface area contributed by atoms with Crippen molar-refractivity contribution in [2.24, 2.45) is 4.99 Å². The molecule has 1 aliphatic rings. The fraction of sp³-hybridized carbons (Fsp3) is 0.190. The van der Waals surface area contributed by atoms with E-state index in [9.17, 15) is 9.59 Å². The van der Waals surface area contributed by atoms with E-state index in [2.05, 4.69) is 36.9 Å². The number of amides is 1. The summed E-state index contributed by atoms with van der Waals surface area (Å²) in [5.41, 5.74) is 1.50. The van der Waals surface area contributed by atoms with E-state index in [-0.39, 0.29) is 5.91 Å². The van der Waals surface area contributed by atoms with Gasteiger partial charge in [-0.1, -0.05) is 18.2 Å². The van der Waals surface area contributed by atoms with E-state index in [1.54, 1.807) is 30.2 Å². The SMILES string of the molecule is COCCN1C(=O)/C(=C\c2cc(Br)c(OCC(=O)O)c(Br)c2)SC1=Nc1ccccc1. The molecule has 1 N–H and O–H groups in total. The molecule has 0 aromatic heterocycles. The van der Waals surface area contributed by atoms with E-state index in [1.807, 2.05) is 30.3 Å². The Kier molecular flexibility index (Phi) is 8.30. The van der Waals surface area contributed by atoms with Gasteiger partial charge >= 0.3 is 5.97 Å². The third-order valence-corrected chi connectivity index (χ3v) is 6.23. The van der Waals surface area contributed by atoms with Gasteiger partial charge < -0.3 is 14.6 Å². The van der Waals surface area contributed by atoms with Crippen molar-refractivity contribution in [3.63, 3.8) is 0 Å². The van der Waals surface area contributed by atoms with Gasteiger partial charge in [0.15, 0.2) is 11.8 Å². The van der Waals surface area contributed by atoms with E-state index in [4.69, 9.17) is 14.6 Å². The summed E-state index contributed by atoms with van der Waals surface area (Å²) in [5, 5.41) is 9.40. The number of hydrogen-bond acceptors (Lipinski definition) is 6. The van der Waals surface area contributed by atoms with Gasteiger partial charge in [-0.25, -0.2) is 9.79 Å². The summed E-state index contributed by atoms with van der Waals surface area (Å²) in [6, 6.07) is 12.9. The van der Waals surface area contributed by atoms with Crippen LogP contribution in [0.25, 0.3) is 6.08 Å². The summed E-state index contributed by atoms with van der Waals surface area (Å²) in [5.74, 6) is -0.850. The number of aliphatic imine (C=N–C) groups is 1. The minimum atomic E-state index is -1.07. The van der Waals surface area contributed by atoms with Gasteiger partial charge in [0.2, 0.25) is 0 Å². The van der Waals surface area contributed by atoms with Crippen LogP contribution >= 0.6 is 43.6 Å². The number of nitrogens with zero attached hydrogens (tertiary/aromatic N) is 2. The molecule has 0 unspecified atom stereocenters. The lowest BCUT2D eigenvalue weighted by Gasteiger charge is -2.14. The summed E-state index contributed by atoms with van der Waals surface area (Å²) < 4.78 is 11.6. The van der Waals surface area contributed by atoms with Crippen LogP contribution in [0.15, 0.2) is 61.3 Å². The highest BCUT2D eigenvalue weighted by atomic mass is 79.9. The van der Waals surface area contributed by atoms with E-state index in [1.165, 1.54) is 11.8 Å². The van der Waals surface area contributed by atoms with Crippen LogP contribution < -0.4 is 4.74 Å². The molecule has 0 bridgehead atoms. The quantitative estimate of drug-likeness (QED) is 0.454. The first kappa shape index (κ1) is 23.5. The Bertz CT molecular complexity index is 1020. The van der Waals surface area contributed by atoms with Crippen LogP contribution in [0.4, 0.5) is 5.69 Å². The standard InChI is InChI=1S/C21H18Br2N2O5S/c1-29-8-7-25-20(28)17(31-21(25)24-14-5-3-2-4-6-14)11-13-9-15(22)19(16(23)10-13)30-12-18(26)27/h2-6,9-11H,7-8,12H2,1H3,(H,26,27)/b17-11+,24-21?. The molecule has 1 fully saturated rings. The Morgan fingerprint density at radius 3 is 2.52 bits per heavy atom. The lowest BCUT2D eigenvalue weighted by atomic mass is 10.2. The maximum absolute atomic E-state index is 13.0. The third-order valence-electron chi connectivity index (χ3n) is 4.05. The number of hydrogen-bond donors (Lipinski definition) is 1. The lowest BCUT2D eigenvalue weighted by Crippen LogP contribution is -2.32. The summed E-state index contributed by atoms with van der Waals surface area (Å²) in [7, 11) is 1.58. The zero-order valence-electron chi connectivity index (χ0n) is 16.4. The fourth-order valence-corrected chi connectivity index (χ4v) is 5.15. The van der Waals surface area contributed by atoms with E-state index in [0.29, 0.717) is 37.9 Å². The van der Waals surface area contributed by atoms with Gasteiger partial charge in [-0.3, -0.25) is 9.69 Å². The summed E-state index contributed by atoms with van der Waals surface area (Å²) in [4.78, 5) is 30.5. The van der Waals surface area contributed by atoms with E-state index in [0.717, 1.165) is 11.3 Å². The van der Waals surface area contributed by atoms with Crippen LogP contribution in [0.3, 0.4) is 0 Å². The number of methoxy groups -OCH3 is 1. The van der Waals surface area contributed by atoms with Gasteiger partial charge in [-0.05, 0) is 79.5 Å². The Balaban J connectivity index is 1.90. The molecule has 0 spiro atoms. The number of para-hydroxylation sites is 1. The molecule has 162 valence electrons. The number of carbonyl (C=O) groups excluding carboxylic acids is 1. The molecule has 31 heavy (non-hydrogen) atoms.